The molecule has 0 spiro atoms. The summed E-state index contributed by atoms with van der Waals surface area (Å²) >= 11 is 1.48. The van der Waals surface area contributed by atoms with E-state index < -0.39 is 11.7 Å². The predicted octanol–water partition coefficient (Wildman–Crippen LogP) is 3.09. The summed E-state index contributed by atoms with van der Waals surface area (Å²) in [6, 6.07) is 5.07. The van der Waals surface area contributed by atoms with Crippen LogP contribution in [0, 0.1) is 11.3 Å². The molecule has 0 bridgehead atoms. The first-order chi connectivity index (χ1) is 13.1. The number of ketones is 1. The molecule has 0 amide bonds. The summed E-state index contributed by atoms with van der Waals surface area (Å²) < 4.78 is 10.4. The Morgan fingerprint density at radius 1 is 1.44 bits per heavy atom. The normalized spacial score (nSPS) is 14.7. The molecule has 27 heavy (non-hydrogen) atoms. The van der Waals surface area contributed by atoms with Gasteiger partial charge in [0.1, 0.15) is 23.0 Å². The molecule has 7 nitrogen and oxygen atoms in total. The molecule has 1 aliphatic carbocycles. The molecule has 0 aromatic carbocycles. The number of aromatic nitrogens is 2. The lowest BCUT2D eigenvalue weighted by Crippen LogP contribution is -2.19. The van der Waals surface area contributed by atoms with Crippen molar-refractivity contribution in [3.8, 4) is 6.07 Å². The van der Waals surface area contributed by atoms with Gasteiger partial charge < -0.3 is 14.1 Å². The van der Waals surface area contributed by atoms with Crippen LogP contribution < -0.4 is 5.56 Å². The van der Waals surface area contributed by atoms with Crippen molar-refractivity contribution < 1.29 is 13.9 Å². The van der Waals surface area contributed by atoms with Crippen molar-refractivity contribution in [2.75, 3.05) is 7.11 Å². The number of nitrogens with zero attached hydrogens (tertiary/aromatic N) is 2. The number of carbonyl (C=O) groups excluding carboxylic acids is 1. The van der Waals surface area contributed by atoms with Gasteiger partial charge in [0.15, 0.2) is 11.7 Å². The van der Waals surface area contributed by atoms with Crippen molar-refractivity contribution in [1.82, 2.24) is 9.97 Å². The lowest BCUT2D eigenvalue weighted by Gasteiger charge is -2.09. The Morgan fingerprint density at radius 3 is 3.04 bits per heavy atom. The zero-order valence-corrected chi connectivity index (χ0v) is 15.5. The standard InChI is InChI=1S/C19H17N3O4S/c1-25-9-10-6-7-13(26-10)16(23)12(8-20)17-21-18(24)15-11-4-2-3-5-14(11)27-19(15)22-17/h6-7,12H,2-5,9H2,1H3,(H,21,22,24). The maximum atomic E-state index is 12.7. The zero-order valence-electron chi connectivity index (χ0n) is 14.7. The molecule has 0 radical (unpaired) electrons. The molecule has 4 rings (SSSR count). The number of furan rings is 1. The molecular weight excluding hydrogens is 366 g/mol. The zero-order chi connectivity index (χ0) is 19.0. The molecule has 3 heterocycles. The van der Waals surface area contributed by atoms with E-state index in [0.29, 0.717) is 16.0 Å². The summed E-state index contributed by atoms with van der Waals surface area (Å²) in [5.41, 5.74) is 0.776. The van der Waals surface area contributed by atoms with Crippen molar-refractivity contribution in [1.29, 1.82) is 5.26 Å². The Labute approximate surface area is 158 Å². The van der Waals surface area contributed by atoms with Gasteiger partial charge in [-0.1, -0.05) is 0 Å². The SMILES string of the molecule is COCc1ccc(C(=O)C(C#N)c2nc3sc4c(c3c(=O)[nH]2)CCCC4)o1. The molecule has 0 saturated carbocycles. The maximum Gasteiger partial charge on any atom is 0.259 e. The molecular formula is C19H17N3O4S. The van der Waals surface area contributed by atoms with Gasteiger partial charge in [0.2, 0.25) is 5.78 Å². The minimum atomic E-state index is -1.23. The molecule has 8 heteroatoms. The molecule has 1 atom stereocenters. The first kappa shape index (κ1) is 17.6. The highest BCUT2D eigenvalue weighted by Gasteiger charge is 2.29. The predicted molar refractivity (Wildman–Crippen MR) is 99.0 cm³/mol. The average molecular weight is 383 g/mol. The lowest BCUT2D eigenvalue weighted by molar-refractivity contribution is 0.0940. The van der Waals surface area contributed by atoms with Gasteiger partial charge in [-0.2, -0.15) is 5.26 Å². The summed E-state index contributed by atoms with van der Waals surface area (Å²) in [7, 11) is 1.52. The molecule has 0 aliphatic heterocycles. The van der Waals surface area contributed by atoms with E-state index in [4.69, 9.17) is 9.15 Å². The van der Waals surface area contributed by atoms with Crippen LogP contribution in [0.15, 0.2) is 21.3 Å². The molecule has 138 valence electrons. The van der Waals surface area contributed by atoms with Gasteiger partial charge in [-0.25, -0.2) is 4.98 Å². The van der Waals surface area contributed by atoms with Gasteiger partial charge in [0, 0.05) is 12.0 Å². The van der Waals surface area contributed by atoms with E-state index in [2.05, 4.69) is 9.97 Å². The van der Waals surface area contributed by atoms with Crippen LogP contribution in [0.25, 0.3) is 10.2 Å². The Bertz CT molecular complexity index is 1120. The molecule has 0 saturated heterocycles. The summed E-state index contributed by atoms with van der Waals surface area (Å²) in [4.78, 5) is 34.3. The number of fused-ring (bicyclic) bond motifs is 3. The fourth-order valence-corrected chi connectivity index (χ4v) is 4.70. The average Bonchev–Trinajstić information content (AvgIpc) is 3.27. The van der Waals surface area contributed by atoms with E-state index in [-0.39, 0.29) is 23.8 Å². The quantitative estimate of drug-likeness (QED) is 0.678. The van der Waals surface area contributed by atoms with E-state index in [9.17, 15) is 14.9 Å². The van der Waals surface area contributed by atoms with Gasteiger partial charge in [-0.15, -0.1) is 11.3 Å². The molecule has 3 aromatic heterocycles. The fraction of sp³-hybridized carbons (Fsp3) is 0.368. The van der Waals surface area contributed by atoms with Gasteiger partial charge in [0.25, 0.3) is 5.56 Å². The van der Waals surface area contributed by atoms with Gasteiger partial charge in [-0.3, -0.25) is 9.59 Å². The van der Waals surface area contributed by atoms with E-state index in [1.54, 1.807) is 6.07 Å². The minimum absolute atomic E-state index is 0.0434. The molecule has 1 aliphatic rings. The number of nitriles is 1. The van der Waals surface area contributed by atoms with Gasteiger partial charge in [0.05, 0.1) is 11.5 Å². The Kier molecular flexibility index (Phi) is 4.64. The van der Waals surface area contributed by atoms with Crippen molar-refractivity contribution in [2.24, 2.45) is 0 Å². The number of thiophene rings is 1. The summed E-state index contributed by atoms with van der Waals surface area (Å²) in [5, 5.41) is 10.2. The first-order valence-corrected chi connectivity index (χ1v) is 9.50. The van der Waals surface area contributed by atoms with Crippen LogP contribution in [0.2, 0.25) is 0 Å². The third kappa shape index (κ3) is 3.09. The summed E-state index contributed by atoms with van der Waals surface area (Å²) in [6.45, 7) is 0.228. The number of ether oxygens (including phenoxy) is 1. The van der Waals surface area contributed by atoms with Crippen LogP contribution in [0.3, 0.4) is 0 Å². The smallest absolute Gasteiger partial charge is 0.259 e. The Hall–Kier alpha value is -2.76. The number of nitrogens with one attached hydrogen (secondary N) is 1. The van der Waals surface area contributed by atoms with E-state index in [1.807, 2.05) is 6.07 Å². The van der Waals surface area contributed by atoms with Crippen LogP contribution >= 0.6 is 11.3 Å². The van der Waals surface area contributed by atoms with Crippen LogP contribution in [0.5, 0.6) is 0 Å². The summed E-state index contributed by atoms with van der Waals surface area (Å²) in [5.74, 6) is -1.18. The molecule has 3 aromatic rings. The third-order valence-corrected chi connectivity index (χ3v) is 5.88. The van der Waals surface area contributed by atoms with Crippen molar-refractivity contribution in [3.63, 3.8) is 0 Å². The number of Topliss-reactive ketones (excluding diaryl/α,β-unsaturated/α-hetero) is 1. The minimum Gasteiger partial charge on any atom is -0.455 e. The number of rotatable bonds is 5. The molecule has 0 fully saturated rings. The Morgan fingerprint density at radius 2 is 2.26 bits per heavy atom. The van der Waals surface area contributed by atoms with E-state index >= 15 is 0 Å². The number of hydrogen-bond acceptors (Lipinski definition) is 7. The maximum absolute atomic E-state index is 12.7. The molecule has 1 unspecified atom stereocenters. The number of hydrogen-bond donors (Lipinski definition) is 1. The highest BCUT2D eigenvalue weighted by molar-refractivity contribution is 7.18. The molecule has 1 N–H and O–H groups in total. The number of methoxy groups -OCH3 is 1. The van der Waals surface area contributed by atoms with Crippen LogP contribution in [0.4, 0.5) is 0 Å². The van der Waals surface area contributed by atoms with Gasteiger partial charge >= 0.3 is 0 Å². The second-order valence-corrected chi connectivity index (χ2v) is 7.55. The van der Waals surface area contributed by atoms with Gasteiger partial charge in [-0.05, 0) is 43.4 Å². The van der Waals surface area contributed by atoms with Crippen molar-refractivity contribution in [2.45, 2.75) is 38.2 Å². The highest BCUT2D eigenvalue weighted by Crippen LogP contribution is 2.34. The topological polar surface area (TPSA) is 109 Å². The second kappa shape index (κ2) is 7.10. The number of aromatic amines is 1. The summed E-state index contributed by atoms with van der Waals surface area (Å²) in [6.07, 6.45) is 3.98. The fourth-order valence-electron chi connectivity index (χ4n) is 3.43. The van der Waals surface area contributed by atoms with E-state index in [1.165, 1.54) is 29.4 Å². The van der Waals surface area contributed by atoms with E-state index in [0.717, 1.165) is 31.2 Å². The number of H-pyrrole nitrogens is 1. The monoisotopic (exact) mass is 383 g/mol. The van der Waals surface area contributed by atoms with Crippen LogP contribution in [-0.4, -0.2) is 22.9 Å². The third-order valence-electron chi connectivity index (χ3n) is 4.70. The highest BCUT2D eigenvalue weighted by atomic mass is 32.1. The number of aryl methyl sites for hydroxylation is 2. The van der Waals surface area contributed by atoms with Crippen molar-refractivity contribution >= 4 is 27.3 Å². The number of carbonyl (C=O) groups is 1. The largest absolute Gasteiger partial charge is 0.455 e. The van der Waals surface area contributed by atoms with Crippen LogP contribution in [-0.2, 0) is 24.2 Å². The van der Waals surface area contributed by atoms with Crippen LogP contribution in [0.1, 0.15) is 51.3 Å². The first-order valence-electron chi connectivity index (χ1n) is 8.68. The Balaban J connectivity index is 1.74. The van der Waals surface area contributed by atoms with Crippen molar-refractivity contribution in [3.05, 3.63) is 50.3 Å². The second-order valence-electron chi connectivity index (χ2n) is 6.47. The lowest BCUT2D eigenvalue weighted by atomic mass is 9.97.